The van der Waals surface area contributed by atoms with Crippen LogP contribution >= 0.6 is 0 Å². The van der Waals surface area contributed by atoms with Crippen LogP contribution in [0, 0.1) is 0 Å². The number of aryl methyl sites for hydroxylation is 3. The molecule has 0 saturated carbocycles. The highest BCUT2D eigenvalue weighted by Crippen LogP contribution is 2.23. The number of hydrogen-bond acceptors (Lipinski definition) is 4. The number of benzene rings is 1. The first-order valence-corrected chi connectivity index (χ1v) is 6.45. The Hall–Kier alpha value is -2.50. The van der Waals surface area contributed by atoms with Gasteiger partial charge in [0.2, 0.25) is 5.95 Å². The molecule has 0 bridgehead atoms. The first-order valence-electron chi connectivity index (χ1n) is 6.45. The third-order valence-electron chi connectivity index (χ3n) is 3.50. The molecule has 0 aliphatic carbocycles. The zero-order valence-corrected chi connectivity index (χ0v) is 11.6. The molecular formula is C14H17N5O. The van der Waals surface area contributed by atoms with E-state index in [1.54, 1.807) is 13.3 Å². The predicted octanol–water partition coefficient (Wildman–Crippen LogP) is 1.60. The lowest BCUT2D eigenvalue weighted by Crippen LogP contribution is -2.08. The number of rotatable bonds is 4. The van der Waals surface area contributed by atoms with Gasteiger partial charge in [-0.15, -0.1) is 0 Å². The second-order valence-electron chi connectivity index (χ2n) is 4.67. The van der Waals surface area contributed by atoms with Gasteiger partial charge in [-0.3, -0.25) is 4.68 Å². The number of hydrogen-bond donors (Lipinski definition) is 1. The van der Waals surface area contributed by atoms with Crippen LogP contribution in [0.15, 0.2) is 30.5 Å². The van der Waals surface area contributed by atoms with Crippen LogP contribution < -0.4 is 10.5 Å². The largest absolute Gasteiger partial charge is 0.497 e. The van der Waals surface area contributed by atoms with Crippen molar-refractivity contribution in [2.24, 2.45) is 7.05 Å². The molecule has 20 heavy (non-hydrogen) atoms. The van der Waals surface area contributed by atoms with Crippen LogP contribution in [0.2, 0.25) is 0 Å². The Labute approximate surface area is 116 Å². The van der Waals surface area contributed by atoms with Crippen molar-refractivity contribution in [3.8, 4) is 5.75 Å². The number of anilines is 1. The minimum atomic E-state index is 0.524. The summed E-state index contributed by atoms with van der Waals surface area (Å²) in [6.45, 7) is 0.759. The van der Waals surface area contributed by atoms with Crippen LogP contribution in [0.3, 0.4) is 0 Å². The molecule has 1 aromatic carbocycles. The first kappa shape index (κ1) is 12.5. The molecule has 0 unspecified atom stereocenters. The second kappa shape index (κ2) is 4.88. The molecule has 0 atom stereocenters. The van der Waals surface area contributed by atoms with Crippen LogP contribution in [-0.2, 0) is 20.0 Å². The van der Waals surface area contributed by atoms with E-state index in [-0.39, 0.29) is 0 Å². The lowest BCUT2D eigenvalue weighted by atomic mass is 10.2. The lowest BCUT2D eigenvalue weighted by molar-refractivity contribution is 0.415. The summed E-state index contributed by atoms with van der Waals surface area (Å²) in [5.41, 5.74) is 9.04. The molecule has 0 amide bonds. The molecule has 6 heteroatoms. The molecule has 0 aliphatic heterocycles. The Kier molecular flexibility index (Phi) is 3.06. The average Bonchev–Trinajstić information content (AvgIpc) is 2.99. The summed E-state index contributed by atoms with van der Waals surface area (Å²) >= 11 is 0. The minimum Gasteiger partial charge on any atom is -0.497 e. The van der Waals surface area contributed by atoms with Crippen molar-refractivity contribution in [1.29, 1.82) is 0 Å². The van der Waals surface area contributed by atoms with Crippen molar-refractivity contribution >= 4 is 17.0 Å². The van der Waals surface area contributed by atoms with Gasteiger partial charge in [0.05, 0.1) is 18.1 Å². The SMILES string of the molecule is COc1ccc2nc(N)n(CCc3ccnn3C)c2c1. The van der Waals surface area contributed by atoms with E-state index in [1.165, 1.54) is 0 Å². The minimum absolute atomic E-state index is 0.524. The lowest BCUT2D eigenvalue weighted by Gasteiger charge is -2.07. The van der Waals surface area contributed by atoms with Gasteiger partial charge in [-0.1, -0.05) is 0 Å². The summed E-state index contributed by atoms with van der Waals surface area (Å²) in [6, 6.07) is 7.78. The standard InChI is InChI=1S/C14H17N5O/c1-18-10(5-7-16-18)6-8-19-13-9-11(20-2)3-4-12(13)17-14(19)15/h3-5,7,9H,6,8H2,1-2H3,(H2,15,17). The first-order chi connectivity index (χ1) is 9.69. The fraction of sp³-hybridized carbons (Fsp3) is 0.286. The van der Waals surface area contributed by atoms with Gasteiger partial charge in [0, 0.05) is 38.0 Å². The molecule has 0 radical (unpaired) electrons. The van der Waals surface area contributed by atoms with E-state index in [0.29, 0.717) is 5.95 Å². The third kappa shape index (κ3) is 2.09. The van der Waals surface area contributed by atoms with E-state index in [0.717, 1.165) is 35.4 Å². The number of nitrogens with zero attached hydrogens (tertiary/aromatic N) is 4. The predicted molar refractivity (Wildman–Crippen MR) is 77.6 cm³/mol. The summed E-state index contributed by atoms with van der Waals surface area (Å²) in [7, 11) is 3.59. The number of nitrogen functional groups attached to an aromatic ring is 1. The van der Waals surface area contributed by atoms with Gasteiger partial charge >= 0.3 is 0 Å². The molecule has 2 N–H and O–H groups in total. The van der Waals surface area contributed by atoms with Crippen LogP contribution in [0.25, 0.3) is 11.0 Å². The molecule has 104 valence electrons. The molecule has 0 spiro atoms. The summed E-state index contributed by atoms with van der Waals surface area (Å²) in [4.78, 5) is 4.37. The summed E-state index contributed by atoms with van der Waals surface area (Å²) in [5.74, 6) is 1.33. The molecule has 0 fully saturated rings. The van der Waals surface area contributed by atoms with Crippen LogP contribution in [0.5, 0.6) is 5.75 Å². The molecular weight excluding hydrogens is 254 g/mol. The summed E-state index contributed by atoms with van der Waals surface area (Å²) in [5, 5.41) is 4.17. The Morgan fingerprint density at radius 2 is 2.15 bits per heavy atom. The maximum absolute atomic E-state index is 6.01. The number of imidazole rings is 1. The molecule has 2 aromatic heterocycles. The highest BCUT2D eigenvalue weighted by atomic mass is 16.5. The van der Waals surface area contributed by atoms with Crippen LogP contribution in [-0.4, -0.2) is 26.4 Å². The summed E-state index contributed by atoms with van der Waals surface area (Å²) < 4.78 is 9.14. The Morgan fingerprint density at radius 1 is 1.30 bits per heavy atom. The smallest absolute Gasteiger partial charge is 0.201 e. The van der Waals surface area contributed by atoms with Gasteiger partial charge in [-0.25, -0.2) is 4.98 Å². The van der Waals surface area contributed by atoms with Crippen molar-refractivity contribution in [3.05, 3.63) is 36.2 Å². The summed E-state index contributed by atoms with van der Waals surface area (Å²) in [6.07, 6.45) is 2.65. The second-order valence-corrected chi connectivity index (χ2v) is 4.67. The zero-order valence-electron chi connectivity index (χ0n) is 11.6. The van der Waals surface area contributed by atoms with Gasteiger partial charge in [-0.05, 0) is 18.2 Å². The maximum Gasteiger partial charge on any atom is 0.201 e. The zero-order chi connectivity index (χ0) is 14.1. The quantitative estimate of drug-likeness (QED) is 0.782. The highest BCUT2D eigenvalue weighted by Gasteiger charge is 2.10. The average molecular weight is 271 g/mol. The van der Waals surface area contributed by atoms with Crippen LogP contribution in [0.1, 0.15) is 5.69 Å². The number of nitrogens with two attached hydrogens (primary N) is 1. The van der Waals surface area contributed by atoms with E-state index in [1.807, 2.05) is 40.6 Å². The van der Waals surface area contributed by atoms with Crippen molar-refractivity contribution in [2.75, 3.05) is 12.8 Å². The molecule has 2 heterocycles. The highest BCUT2D eigenvalue weighted by molar-refractivity contribution is 5.79. The van der Waals surface area contributed by atoms with Gasteiger partial charge < -0.3 is 15.0 Å². The van der Waals surface area contributed by atoms with Crippen molar-refractivity contribution in [1.82, 2.24) is 19.3 Å². The van der Waals surface area contributed by atoms with E-state index in [2.05, 4.69) is 10.1 Å². The van der Waals surface area contributed by atoms with Crippen molar-refractivity contribution in [3.63, 3.8) is 0 Å². The Bertz CT molecular complexity index is 743. The van der Waals surface area contributed by atoms with Gasteiger partial charge in [0.15, 0.2) is 0 Å². The van der Waals surface area contributed by atoms with E-state index in [9.17, 15) is 0 Å². The molecule has 3 rings (SSSR count). The van der Waals surface area contributed by atoms with E-state index in [4.69, 9.17) is 10.5 Å². The topological polar surface area (TPSA) is 70.9 Å². The van der Waals surface area contributed by atoms with E-state index < -0.39 is 0 Å². The van der Waals surface area contributed by atoms with Gasteiger partial charge in [0.25, 0.3) is 0 Å². The fourth-order valence-corrected chi connectivity index (χ4v) is 2.36. The van der Waals surface area contributed by atoms with Crippen LogP contribution in [0.4, 0.5) is 5.95 Å². The third-order valence-corrected chi connectivity index (χ3v) is 3.50. The van der Waals surface area contributed by atoms with Crippen molar-refractivity contribution in [2.45, 2.75) is 13.0 Å². The monoisotopic (exact) mass is 271 g/mol. The number of ether oxygens (including phenoxy) is 1. The van der Waals surface area contributed by atoms with E-state index >= 15 is 0 Å². The van der Waals surface area contributed by atoms with Gasteiger partial charge in [0.1, 0.15) is 5.75 Å². The normalized spacial score (nSPS) is 11.1. The number of methoxy groups -OCH3 is 1. The molecule has 0 aliphatic rings. The molecule has 3 aromatic rings. The Balaban J connectivity index is 1.94. The number of aromatic nitrogens is 4. The maximum atomic E-state index is 6.01. The molecule has 0 saturated heterocycles. The Morgan fingerprint density at radius 3 is 2.85 bits per heavy atom. The fourth-order valence-electron chi connectivity index (χ4n) is 2.36. The van der Waals surface area contributed by atoms with Gasteiger partial charge in [-0.2, -0.15) is 5.10 Å². The van der Waals surface area contributed by atoms with Crippen molar-refractivity contribution < 1.29 is 4.74 Å². The number of fused-ring (bicyclic) bond motifs is 1. The molecule has 6 nitrogen and oxygen atoms in total.